The molecule has 1 N–H and O–H groups in total. The van der Waals surface area contributed by atoms with Crippen molar-refractivity contribution in [1.29, 1.82) is 0 Å². The second-order valence-corrected chi connectivity index (χ2v) is 6.53. The molecule has 0 aliphatic heterocycles. The number of nitrogens with one attached hydrogen (secondary N) is 1. The van der Waals surface area contributed by atoms with Crippen molar-refractivity contribution >= 4 is 27.1 Å². The maximum Gasteiger partial charge on any atom is 0.150 e. The Morgan fingerprint density at radius 2 is 2.12 bits per heavy atom. The van der Waals surface area contributed by atoms with Crippen LogP contribution in [0.5, 0.6) is 0 Å². The Hall–Kier alpha value is -0.810. The highest BCUT2D eigenvalue weighted by Gasteiger charge is 2.06. The Kier molecular flexibility index (Phi) is 5.21. The van der Waals surface area contributed by atoms with E-state index in [0.29, 0.717) is 18.7 Å². The van der Waals surface area contributed by atoms with Gasteiger partial charge in [-0.25, -0.2) is 12.8 Å². The van der Waals surface area contributed by atoms with E-state index in [1.807, 2.05) is 0 Å². The van der Waals surface area contributed by atoms with E-state index in [0.717, 1.165) is 0 Å². The maximum absolute atomic E-state index is 13.1. The zero-order valence-electron chi connectivity index (χ0n) is 9.54. The summed E-state index contributed by atoms with van der Waals surface area (Å²) in [5, 5.41) is 3.02. The SMILES string of the molecule is CCS(=O)(=O)CCCNc1ccc(Cl)c(F)c1. The molecule has 0 heterocycles. The van der Waals surface area contributed by atoms with E-state index in [4.69, 9.17) is 11.6 Å². The van der Waals surface area contributed by atoms with Crippen LogP contribution in [-0.4, -0.2) is 26.5 Å². The van der Waals surface area contributed by atoms with E-state index < -0.39 is 15.7 Å². The van der Waals surface area contributed by atoms with Crippen LogP contribution in [0.25, 0.3) is 0 Å². The minimum Gasteiger partial charge on any atom is -0.385 e. The van der Waals surface area contributed by atoms with Gasteiger partial charge in [-0.05, 0) is 24.6 Å². The molecule has 0 saturated heterocycles. The van der Waals surface area contributed by atoms with Crippen LogP contribution in [0.1, 0.15) is 13.3 Å². The third-order valence-corrected chi connectivity index (χ3v) is 4.42. The van der Waals surface area contributed by atoms with Gasteiger partial charge in [-0.3, -0.25) is 0 Å². The second kappa shape index (κ2) is 6.21. The smallest absolute Gasteiger partial charge is 0.150 e. The van der Waals surface area contributed by atoms with Gasteiger partial charge in [-0.15, -0.1) is 0 Å². The van der Waals surface area contributed by atoms with Crippen LogP contribution >= 0.6 is 11.6 Å². The fraction of sp³-hybridized carbons (Fsp3) is 0.455. The highest BCUT2D eigenvalue weighted by Crippen LogP contribution is 2.18. The molecule has 0 amide bonds. The highest BCUT2D eigenvalue weighted by atomic mass is 35.5. The number of halogens is 2. The minimum atomic E-state index is -2.92. The molecule has 6 heteroatoms. The summed E-state index contributed by atoms with van der Waals surface area (Å²) in [5.74, 6) is -0.187. The fourth-order valence-corrected chi connectivity index (χ4v) is 2.27. The molecular formula is C11H15ClFNO2S. The lowest BCUT2D eigenvalue weighted by Gasteiger charge is -2.06. The first kappa shape index (κ1) is 14.3. The second-order valence-electron chi connectivity index (χ2n) is 3.65. The predicted molar refractivity (Wildman–Crippen MR) is 68.8 cm³/mol. The van der Waals surface area contributed by atoms with Gasteiger partial charge in [0.15, 0.2) is 0 Å². The lowest BCUT2D eigenvalue weighted by atomic mass is 10.3. The number of hydrogen-bond donors (Lipinski definition) is 1. The third kappa shape index (κ3) is 4.91. The largest absolute Gasteiger partial charge is 0.385 e. The van der Waals surface area contributed by atoms with E-state index >= 15 is 0 Å². The first-order valence-electron chi connectivity index (χ1n) is 5.34. The molecule has 0 bridgehead atoms. The zero-order chi connectivity index (χ0) is 12.9. The standard InChI is InChI=1S/C11H15ClFNO2S/c1-2-17(15,16)7-3-6-14-9-4-5-10(12)11(13)8-9/h4-5,8,14H,2-3,6-7H2,1H3. The molecule has 0 fully saturated rings. The van der Waals surface area contributed by atoms with Crippen molar-refractivity contribution in [3.05, 3.63) is 29.0 Å². The van der Waals surface area contributed by atoms with E-state index in [-0.39, 0.29) is 16.5 Å². The Bertz CT molecular complexity index is 476. The van der Waals surface area contributed by atoms with Crippen LogP contribution in [0.4, 0.5) is 10.1 Å². The Morgan fingerprint density at radius 3 is 2.71 bits per heavy atom. The predicted octanol–water partition coefficient (Wildman–Crippen LogP) is 2.72. The van der Waals surface area contributed by atoms with Crippen LogP contribution in [0, 0.1) is 5.82 Å². The average Bonchev–Trinajstić information content (AvgIpc) is 2.29. The lowest BCUT2D eigenvalue weighted by molar-refractivity contribution is 0.595. The molecule has 0 saturated carbocycles. The summed E-state index contributed by atoms with van der Waals surface area (Å²) in [5.41, 5.74) is 0.598. The summed E-state index contributed by atoms with van der Waals surface area (Å²) in [6.45, 7) is 2.11. The third-order valence-electron chi connectivity index (χ3n) is 2.32. The monoisotopic (exact) mass is 279 g/mol. The molecule has 0 atom stereocenters. The molecule has 0 spiro atoms. The van der Waals surface area contributed by atoms with Gasteiger partial charge in [0.05, 0.1) is 10.8 Å². The summed E-state index contributed by atoms with van der Waals surface area (Å²) >= 11 is 5.54. The van der Waals surface area contributed by atoms with E-state index in [1.54, 1.807) is 13.0 Å². The summed E-state index contributed by atoms with van der Waals surface area (Å²) in [6, 6.07) is 4.40. The van der Waals surface area contributed by atoms with E-state index in [2.05, 4.69) is 5.32 Å². The molecule has 1 aromatic rings. The molecular weight excluding hydrogens is 265 g/mol. The minimum absolute atomic E-state index is 0.0733. The normalized spacial score (nSPS) is 11.5. The number of rotatable bonds is 6. The van der Waals surface area contributed by atoms with Crippen molar-refractivity contribution in [3.8, 4) is 0 Å². The van der Waals surface area contributed by atoms with Gasteiger partial charge in [-0.2, -0.15) is 0 Å². The summed E-state index contributed by atoms with van der Waals surface area (Å²) in [7, 11) is -2.92. The first-order valence-corrected chi connectivity index (χ1v) is 7.54. The Labute approximate surface area is 106 Å². The molecule has 0 aliphatic rings. The molecule has 17 heavy (non-hydrogen) atoms. The van der Waals surface area contributed by atoms with Crippen molar-refractivity contribution in [2.45, 2.75) is 13.3 Å². The van der Waals surface area contributed by atoms with Crippen molar-refractivity contribution in [1.82, 2.24) is 0 Å². The van der Waals surface area contributed by atoms with Gasteiger partial charge in [0.25, 0.3) is 0 Å². The number of benzene rings is 1. The molecule has 0 aliphatic carbocycles. The summed E-state index contributed by atoms with van der Waals surface area (Å²) in [6.07, 6.45) is 0.500. The number of anilines is 1. The molecule has 1 aromatic carbocycles. The summed E-state index contributed by atoms with van der Waals surface area (Å²) < 4.78 is 35.5. The average molecular weight is 280 g/mol. The van der Waals surface area contributed by atoms with Crippen LogP contribution in [0.3, 0.4) is 0 Å². The topological polar surface area (TPSA) is 46.2 Å². The van der Waals surface area contributed by atoms with Gasteiger partial charge in [0.1, 0.15) is 15.7 Å². The van der Waals surface area contributed by atoms with Crippen molar-refractivity contribution in [2.24, 2.45) is 0 Å². The maximum atomic E-state index is 13.1. The summed E-state index contributed by atoms with van der Waals surface area (Å²) in [4.78, 5) is 0. The van der Waals surface area contributed by atoms with Crippen molar-refractivity contribution in [3.63, 3.8) is 0 Å². The first-order chi connectivity index (χ1) is 7.94. The molecule has 0 unspecified atom stereocenters. The van der Waals surface area contributed by atoms with Gasteiger partial charge < -0.3 is 5.32 Å². The lowest BCUT2D eigenvalue weighted by Crippen LogP contribution is -2.12. The molecule has 0 aromatic heterocycles. The van der Waals surface area contributed by atoms with Gasteiger partial charge in [0, 0.05) is 18.0 Å². The van der Waals surface area contributed by atoms with Gasteiger partial charge >= 0.3 is 0 Å². The molecule has 3 nitrogen and oxygen atoms in total. The van der Waals surface area contributed by atoms with Gasteiger partial charge in [0.2, 0.25) is 0 Å². The van der Waals surface area contributed by atoms with E-state index in [9.17, 15) is 12.8 Å². The molecule has 96 valence electrons. The van der Waals surface area contributed by atoms with Crippen LogP contribution < -0.4 is 5.32 Å². The molecule has 0 radical (unpaired) electrons. The quantitative estimate of drug-likeness (QED) is 0.815. The van der Waals surface area contributed by atoms with Crippen molar-refractivity contribution < 1.29 is 12.8 Å². The number of sulfone groups is 1. The fourth-order valence-electron chi connectivity index (χ4n) is 1.28. The Balaban J connectivity index is 2.39. The van der Waals surface area contributed by atoms with Crippen LogP contribution in [0.15, 0.2) is 18.2 Å². The zero-order valence-corrected chi connectivity index (χ0v) is 11.1. The van der Waals surface area contributed by atoms with Crippen LogP contribution in [0.2, 0.25) is 5.02 Å². The highest BCUT2D eigenvalue weighted by molar-refractivity contribution is 7.91. The Morgan fingerprint density at radius 1 is 1.41 bits per heavy atom. The molecule has 1 rings (SSSR count). The number of hydrogen-bond acceptors (Lipinski definition) is 3. The van der Waals surface area contributed by atoms with Crippen molar-refractivity contribution in [2.75, 3.05) is 23.4 Å². The van der Waals surface area contributed by atoms with Gasteiger partial charge in [-0.1, -0.05) is 18.5 Å². The van der Waals surface area contributed by atoms with Crippen LogP contribution in [-0.2, 0) is 9.84 Å². The van der Waals surface area contributed by atoms with E-state index in [1.165, 1.54) is 12.1 Å².